The maximum absolute atomic E-state index is 11.9. The molecule has 0 aliphatic carbocycles. The Morgan fingerprint density at radius 3 is 3.12 bits per heavy atom. The Bertz CT molecular complexity index is 882. The number of carbonyl (C=O) groups excluding carboxylic acids is 1. The molecule has 7 nitrogen and oxygen atoms in total. The highest BCUT2D eigenvalue weighted by molar-refractivity contribution is 5.77. The Balaban J connectivity index is 1.54. The fraction of sp³-hybridized carbons (Fsp3) is 0.389. The Kier molecular flexibility index (Phi) is 4.23. The minimum absolute atomic E-state index is 0.0643. The van der Waals surface area contributed by atoms with Gasteiger partial charge in [0.25, 0.3) is 0 Å². The van der Waals surface area contributed by atoms with Gasteiger partial charge in [0.2, 0.25) is 5.91 Å². The Labute approximate surface area is 146 Å². The molecule has 2 atom stereocenters. The van der Waals surface area contributed by atoms with Gasteiger partial charge in [0.1, 0.15) is 0 Å². The average molecular weight is 338 g/mol. The molecule has 1 aliphatic heterocycles. The number of amides is 1. The zero-order chi connectivity index (χ0) is 17.2. The lowest BCUT2D eigenvalue weighted by atomic mass is 9.95. The van der Waals surface area contributed by atoms with Crippen LogP contribution >= 0.6 is 0 Å². The van der Waals surface area contributed by atoms with Gasteiger partial charge in [0, 0.05) is 43.5 Å². The van der Waals surface area contributed by atoms with E-state index in [9.17, 15) is 4.79 Å². The number of rotatable bonds is 5. The highest BCUT2D eigenvalue weighted by Gasteiger charge is 2.31. The molecule has 1 amide bonds. The molecular weight excluding hydrogens is 316 g/mol. The summed E-state index contributed by atoms with van der Waals surface area (Å²) in [6.45, 7) is 3.56. The van der Waals surface area contributed by atoms with Crippen molar-refractivity contribution in [2.24, 2.45) is 0 Å². The normalized spacial score (nSPS) is 20.8. The first kappa shape index (κ1) is 15.8. The zero-order valence-electron chi connectivity index (χ0n) is 14.2. The van der Waals surface area contributed by atoms with Gasteiger partial charge in [-0.25, -0.2) is 4.52 Å². The molecule has 0 spiro atoms. The van der Waals surface area contributed by atoms with E-state index < -0.39 is 0 Å². The summed E-state index contributed by atoms with van der Waals surface area (Å²) in [6.07, 6.45) is 6.99. The second-order valence-electron chi connectivity index (χ2n) is 6.34. The van der Waals surface area contributed by atoms with E-state index in [-0.39, 0.29) is 18.0 Å². The van der Waals surface area contributed by atoms with E-state index in [1.54, 1.807) is 6.20 Å². The van der Waals surface area contributed by atoms with Crippen LogP contribution in [0.1, 0.15) is 37.1 Å². The topological polar surface area (TPSA) is 76.2 Å². The third-order valence-corrected chi connectivity index (χ3v) is 4.83. The van der Waals surface area contributed by atoms with Crippen molar-refractivity contribution < 1.29 is 4.79 Å². The molecule has 25 heavy (non-hydrogen) atoms. The smallest absolute Gasteiger partial charge is 0.220 e. The van der Waals surface area contributed by atoms with Gasteiger partial charge in [-0.05, 0) is 31.5 Å². The van der Waals surface area contributed by atoms with Crippen molar-refractivity contribution in [3.8, 4) is 0 Å². The minimum Gasteiger partial charge on any atom is -0.346 e. The molecule has 0 radical (unpaired) electrons. The van der Waals surface area contributed by atoms with Gasteiger partial charge in [0.15, 0.2) is 0 Å². The number of hydrogen-bond donors (Lipinski definition) is 2. The Morgan fingerprint density at radius 1 is 1.32 bits per heavy atom. The Morgan fingerprint density at radius 2 is 2.24 bits per heavy atom. The first-order chi connectivity index (χ1) is 12.3. The maximum Gasteiger partial charge on any atom is 0.220 e. The molecular formula is C18H22N6O. The second-order valence-corrected chi connectivity index (χ2v) is 6.34. The molecule has 4 heterocycles. The standard InChI is InChI=1S/C18H22N6O/c1-2-23-16(8-9-20-23)18-14(6-7-17(25)22-18)19-11-13-12-21-24-10-4-3-5-15(13)24/h3-5,8-10,12,14,18-19H,2,6-7,11H2,1H3,(H,22,25). The summed E-state index contributed by atoms with van der Waals surface area (Å²) >= 11 is 0. The third-order valence-electron chi connectivity index (χ3n) is 4.83. The molecule has 2 N–H and O–H groups in total. The monoisotopic (exact) mass is 338 g/mol. The zero-order valence-corrected chi connectivity index (χ0v) is 14.2. The van der Waals surface area contributed by atoms with Crippen molar-refractivity contribution in [3.05, 3.63) is 54.1 Å². The van der Waals surface area contributed by atoms with E-state index in [0.29, 0.717) is 13.0 Å². The quantitative estimate of drug-likeness (QED) is 0.742. The van der Waals surface area contributed by atoms with Crippen LogP contribution in [-0.2, 0) is 17.9 Å². The van der Waals surface area contributed by atoms with Crippen molar-refractivity contribution in [2.45, 2.75) is 44.9 Å². The van der Waals surface area contributed by atoms with Gasteiger partial charge in [0.05, 0.1) is 23.4 Å². The highest BCUT2D eigenvalue weighted by Crippen LogP contribution is 2.25. The van der Waals surface area contributed by atoms with Gasteiger partial charge < -0.3 is 10.6 Å². The number of nitrogens with zero attached hydrogens (tertiary/aromatic N) is 4. The average Bonchev–Trinajstić information content (AvgIpc) is 3.27. The van der Waals surface area contributed by atoms with E-state index in [1.165, 1.54) is 0 Å². The van der Waals surface area contributed by atoms with Gasteiger partial charge >= 0.3 is 0 Å². The molecule has 1 aliphatic rings. The van der Waals surface area contributed by atoms with Crippen molar-refractivity contribution >= 4 is 11.4 Å². The molecule has 0 bridgehead atoms. The first-order valence-electron chi connectivity index (χ1n) is 8.72. The number of hydrogen-bond acceptors (Lipinski definition) is 4. The number of piperidine rings is 1. The summed E-state index contributed by atoms with van der Waals surface area (Å²) in [4.78, 5) is 11.9. The van der Waals surface area contributed by atoms with Crippen LogP contribution in [0.2, 0.25) is 0 Å². The molecule has 3 aromatic heterocycles. The minimum atomic E-state index is -0.0643. The van der Waals surface area contributed by atoms with Crippen LogP contribution in [0.25, 0.3) is 5.52 Å². The molecule has 4 rings (SSSR count). The molecule has 1 fully saturated rings. The number of carbonyl (C=O) groups is 1. The van der Waals surface area contributed by atoms with Gasteiger partial charge in [-0.1, -0.05) is 6.07 Å². The molecule has 3 aromatic rings. The molecule has 2 unspecified atom stereocenters. The van der Waals surface area contributed by atoms with Crippen molar-refractivity contribution in [1.29, 1.82) is 0 Å². The SMILES string of the molecule is CCn1nccc1C1NC(=O)CCC1NCc1cnn2ccccc12. The van der Waals surface area contributed by atoms with Gasteiger partial charge in [-0.15, -0.1) is 0 Å². The highest BCUT2D eigenvalue weighted by atomic mass is 16.1. The van der Waals surface area contributed by atoms with E-state index in [1.807, 2.05) is 39.8 Å². The fourth-order valence-corrected chi connectivity index (χ4v) is 3.54. The molecule has 0 saturated carbocycles. The number of fused-ring (bicyclic) bond motifs is 1. The largest absolute Gasteiger partial charge is 0.346 e. The molecule has 7 heteroatoms. The summed E-state index contributed by atoms with van der Waals surface area (Å²) < 4.78 is 3.82. The van der Waals surface area contributed by atoms with Crippen LogP contribution in [0, 0.1) is 0 Å². The number of aromatic nitrogens is 4. The molecule has 130 valence electrons. The van der Waals surface area contributed by atoms with E-state index in [0.717, 1.165) is 29.7 Å². The summed E-state index contributed by atoms with van der Waals surface area (Å²) in [7, 11) is 0. The van der Waals surface area contributed by atoms with Crippen LogP contribution in [0.15, 0.2) is 42.9 Å². The van der Waals surface area contributed by atoms with Crippen molar-refractivity contribution in [1.82, 2.24) is 30.0 Å². The molecule has 1 saturated heterocycles. The summed E-state index contributed by atoms with van der Waals surface area (Å²) in [5.41, 5.74) is 3.30. The summed E-state index contributed by atoms with van der Waals surface area (Å²) in [5, 5.41) is 15.5. The van der Waals surface area contributed by atoms with Crippen LogP contribution < -0.4 is 10.6 Å². The lowest BCUT2D eigenvalue weighted by Gasteiger charge is -2.33. The maximum atomic E-state index is 11.9. The predicted octanol–water partition coefficient (Wildman–Crippen LogP) is 1.66. The molecule has 0 aromatic carbocycles. The van der Waals surface area contributed by atoms with Crippen LogP contribution in [0.3, 0.4) is 0 Å². The summed E-state index contributed by atoms with van der Waals surface area (Å²) in [6, 6.07) is 8.14. The third kappa shape index (κ3) is 3.02. The number of nitrogens with one attached hydrogen (secondary N) is 2. The fourth-order valence-electron chi connectivity index (χ4n) is 3.54. The van der Waals surface area contributed by atoms with Crippen LogP contribution in [0.5, 0.6) is 0 Å². The van der Waals surface area contributed by atoms with Crippen molar-refractivity contribution in [3.63, 3.8) is 0 Å². The first-order valence-corrected chi connectivity index (χ1v) is 8.72. The lowest BCUT2D eigenvalue weighted by Crippen LogP contribution is -2.48. The van der Waals surface area contributed by atoms with Gasteiger partial charge in [-0.2, -0.15) is 10.2 Å². The van der Waals surface area contributed by atoms with E-state index in [4.69, 9.17) is 0 Å². The van der Waals surface area contributed by atoms with Crippen molar-refractivity contribution in [2.75, 3.05) is 0 Å². The Hall–Kier alpha value is -2.67. The second kappa shape index (κ2) is 6.68. The summed E-state index contributed by atoms with van der Waals surface area (Å²) in [5.74, 6) is 0.0999. The van der Waals surface area contributed by atoms with Crippen LogP contribution in [0.4, 0.5) is 0 Å². The van der Waals surface area contributed by atoms with Gasteiger partial charge in [-0.3, -0.25) is 9.48 Å². The van der Waals surface area contributed by atoms with E-state index >= 15 is 0 Å². The van der Waals surface area contributed by atoms with Crippen LogP contribution in [-0.4, -0.2) is 31.3 Å². The predicted molar refractivity (Wildman–Crippen MR) is 93.8 cm³/mol. The van der Waals surface area contributed by atoms with E-state index in [2.05, 4.69) is 33.8 Å². The number of aryl methyl sites for hydroxylation is 1. The lowest BCUT2D eigenvalue weighted by molar-refractivity contribution is -0.124. The number of pyridine rings is 1.